The van der Waals surface area contributed by atoms with Gasteiger partial charge in [-0.2, -0.15) is 0 Å². The van der Waals surface area contributed by atoms with Crippen molar-refractivity contribution in [3.63, 3.8) is 0 Å². The molecule has 9 heteroatoms. The minimum atomic E-state index is -1.08. The minimum Gasteiger partial charge on any atom is -0.508 e. The summed E-state index contributed by atoms with van der Waals surface area (Å²) >= 11 is 0. The van der Waals surface area contributed by atoms with Gasteiger partial charge in [0.1, 0.15) is 29.2 Å². The van der Waals surface area contributed by atoms with Gasteiger partial charge in [0.25, 0.3) is 0 Å². The van der Waals surface area contributed by atoms with E-state index in [4.69, 9.17) is 4.74 Å². The number of nitrogens with zero attached hydrogens (tertiary/aromatic N) is 1. The number of carbonyl (C=O) groups is 3. The van der Waals surface area contributed by atoms with Gasteiger partial charge in [0.15, 0.2) is 0 Å². The van der Waals surface area contributed by atoms with Crippen LogP contribution in [0.5, 0.6) is 11.5 Å². The SMILES string of the molecule is CCC(C)(C)N(C(=O)C(Cc1ccc(O)cc1)NC(=O)OC(C)(C)C)C(C(=O)NC(C)C)c1ccc(O)cc1. The molecule has 0 aliphatic rings. The Balaban J connectivity index is 2.65. The molecule has 0 aliphatic heterocycles. The molecule has 0 aliphatic carbocycles. The Morgan fingerprint density at radius 2 is 1.38 bits per heavy atom. The molecule has 0 saturated heterocycles. The lowest BCUT2D eigenvalue weighted by Gasteiger charge is -2.44. The average Bonchev–Trinajstić information content (AvgIpc) is 2.82. The largest absolute Gasteiger partial charge is 0.508 e. The zero-order valence-corrected chi connectivity index (χ0v) is 24.2. The highest BCUT2D eigenvalue weighted by atomic mass is 16.6. The molecule has 2 unspecified atom stereocenters. The summed E-state index contributed by atoms with van der Waals surface area (Å²) in [6.07, 6.45) is -0.148. The third-order valence-corrected chi connectivity index (χ3v) is 6.27. The van der Waals surface area contributed by atoms with E-state index in [9.17, 15) is 24.6 Å². The Morgan fingerprint density at radius 1 is 0.872 bits per heavy atom. The Labute approximate surface area is 231 Å². The van der Waals surface area contributed by atoms with E-state index in [1.54, 1.807) is 45.0 Å². The van der Waals surface area contributed by atoms with Gasteiger partial charge in [0, 0.05) is 18.0 Å². The van der Waals surface area contributed by atoms with Crippen molar-refractivity contribution in [3.05, 3.63) is 59.7 Å². The summed E-state index contributed by atoms with van der Waals surface area (Å²) < 4.78 is 5.46. The smallest absolute Gasteiger partial charge is 0.408 e. The van der Waals surface area contributed by atoms with Crippen LogP contribution in [0.2, 0.25) is 0 Å². The fraction of sp³-hybridized carbons (Fsp3) is 0.500. The summed E-state index contributed by atoms with van der Waals surface area (Å²) in [4.78, 5) is 42.5. The van der Waals surface area contributed by atoms with E-state index in [-0.39, 0.29) is 29.9 Å². The Kier molecular flexibility index (Phi) is 10.4. The fourth-order valence-corrected chi connectivity index (χ4v) is 4.07. The highest BCUT2D eigenvalue weighted by molar-refractivity contribution is 5.93. The van der Waals surface area contributed by atoms with Gasteiger partial charge >= 0.3 is 6.09 Å². The average molecular weight is 542 g/mol. The number of phenols is 2. The van der Waals surface area contributed by atoms with Crippen LogP contribution in [0.3, 0.4) is 0 Å². The third-order valence-electron chi connectivity index (χ3n) is 6.27. The van der Waals surface area contributed by atoms with E-state index in [1.165, 1.54) is 29.2 Å². The van der Waals surface area contributed by atoms with Crippen LogP contribution in [0.25, 0.3) is 0 Å². The van der Waals surface area contributed by atoms with Gasteiger partial charge in [-0.3, -0.25) is 9.59 Å². The number of ether oxygens (including phenoxy) is 1. The first kappa shape index (κ1) is 31.5. The van der Waals surface area contributed by atoms with Crippen LogP contribution >= 0.6 is 0 Å². The maximum absolute atomic E-state index is 14.5. The monoisotopic (exact) mass is 541 g/mol. The van der Waals surface area contributed by atoms with Gasteiger partial charge in [-0.25, -0.2) is 4.79 Å². The van der Waals surface area contributed by atoms with Gasteiger partial charge in [0.05, 0.1) is 0 Å². The summed E-state index contributed by atoms with van der Waals surface area (Å²) in [6.45, 7) is 14.5. The van der Waals surface area contributed by atoms with Gasteiger partial charge < -0.3 is 30.5 Å². The van der Waals surface area contributed by atoms with Crippen molar-refractivity contribution in [2.45, 2.75) is 97.5 Å². The van der Waals surface area contributed by atoms with Crippen molar-refractivity contribution < 1.29 is 29.3 Å². The molecule has 2 aromatic carbocycles. The summed E-state index contributed by atoms with van der Waals surface area (Å²) in [5.41, 5.74) is -0.382. The second-order valence-electron chi connectivity index (χ2n) is 11.6. The first-order valence-electron chi connectivity index (χ1n) is 13.2. The van der Waals surface area contributed by atoms with Crippen molar-refractivity contribution in [2.75, 3.05) is 0 Å². The third kappa shape index (κ3) is 9.19. The zero-order valence-electron chi connectivity index (χ0n) is 24.2. The van der Waals surface area contributed by atoms with E-state index in [0.717, 1.165) is 0 Å². The molecule has 0 fully saturated rings. The van der Waals surface area contributed by atoms with Crippen LogP contribution in [-0.2, 0) is 20.7 Å². The lowest BCUT2D eigenvalue weighted by molar-refractivity contribution is -0.149. The number of amides is 3. The van der Waals surface area contributed by atoms with E-state index < -0.39 is 35.2 Å². The maximum Gasteiger partial charge on any atom is 0.408 e. The molecule has 9 nitrogen and oxygen atoms in total. The number of carbonyl (C=O) groups excluding carboxylic acids is 3. The molecule has 2 aromatic rings. The minimum absolute atomic E-state index is 0.0335. The number of benzene rings is 2. The van der Waals surface area contributed by atoms with Crippen LogP contribution in [0, 0.1) is 0 Å². The van der Waals surface area contributed by atoms with Crippen molar-refractivity contribution in [1.29, 1.82) is 0 Å². The predicted molar refractivity (Wildman–Crippen MR) is 150 cm³/mol. The molecule has 0 saturated carbocycles. The quantitative estimate of drug-likeness (QED) is 0.342. The first-order chi connectivity index (χ1) is 18.0. The highest BCUT2D eigenvalue weighted by Crippen LogP contribution is 2.33. The molecule has 0 aromatic heterocycles. The van der Waals surface area contributed by atoms with Crippen LogP contribution in [-0.4, -0.2) is 56.2 Å². The number of nitrogens with one attached hydrogen (secondary N) is 2. The van der Waals surface area contributed by atoms with E-state index in [1.807, 2.05) is 34.6 Å². The zero-order chi connectivity index (χ0) is 29.5. The number of phenolic OH excluding ortho intramolecular Hbond substituents is 2. The number of hydrogen-bond donors (Lipinski definition) is 4. The van der Waals surface area contributed by atoms with Gasteiger partial charge in [-0.15, -0.1) is 0 Å². The topological polar surface area (TPSA) is 128 Å². The lowest BCUT2D eigenvalue weighted by atomic mass is 9.91. The van der Waals surface area contributed by atoms with Gasteiger partial charge in [-0.1, -0.05) is 31.2 Å². The molecule has 4 N–H and O–H groups in total. The van der Waals surface area contributed by atoms with Crippen molar-refractivity contribution in [2.24, 2.45) is 0 Å². The van der Waals surface area contributed by atoms with Crippen molar-refractivity contribution >= 4 is 17.9 Å². The fourth-order valence-electron chi connectivity index (χ4n) is 4.07. The molecule has 0 bridgehead atoms. The van der Waals surface area contributed by atoms with E-state index in [2.05, 4.69) is 10.6 Å². The number of alkyl carbamates (subject to hydrolysis) is 1. The molecule has 214 valence electrons. The van der Waals surface area contributed by atoms with Crippen molar-refractivity contribution in [1.82, 2.24) is 15.5 Å². The van der Waals surface area contributed by atoms with Crippen LogP contribution < -0.4 is 10.6 Å². The molecule has 0 heterocycles. The molecule has 3 amide bonds. The molecule has 0 radical (unpaired) electrons. The summed E-state index contributed by atoms with van der Waals surface area (Å²) in [7, 11) is 0. The number of aromatic hydroxyl groups is 2. The molecule has 39 heavy (non-hydrogen) atoms. The molecular weight excluding hydrogens is 498 g/mol. The second-order valence-corrected chi connectivity index (χ2v) is 11.6. The molecule has 2 atom stereocenters. The molecular formula is C30H43N3O6. The van der Waals surface area contributed by atoms with E-state index >= 15 is 0 Å². The molecule has 2 rings (SSSR count). The number of hydrogen-bond acceptors (Lipinski definition) is 6. The van der Waals surface area contributed by atoms with Crippen LogP contribution in [0.4, 0.5) is 4.79 Å². The summed E-state index contributed by atoms with van der Waals surface area (Å²) in [5, 5.41) is 25.2. The first-order valence-corrected chi connectivity index (χ1v) is 13.2. The normalized spacial score (nSPS) is 13.4. The van der Waals surface area contributed by atoms with Crippen LogP contribution in [0.1, 0.15) is 79.0 Å². The van der Waals surface area contributed by atoms with Gasteiger partial charge in [0.2, 0.25) is 11.8 Å². The van der Waals surface area contributed by atoms with Gasteiger partial charge in [-0.05, 0) is 90.3 Å². The standard InChI is InChI=1S/C30H43N3O6/c1-9-30(7,8)33(25(26(36)31-19(2)3)21-12-16-23(35)17-13-21)27(37)24(32-28(38)39-29(4,5)6)18-20-10-14-22(34)15-11-20/h10-17,19,24-25,34-35H,9,18H2,1-8H3,(H,31,36)(H,32,38). The summed E-state index contributed by atoms with van der Waals surface area (Å²) in [6, 6.07) is 10.2. The number of rotatable bonds is 10. The van der Waals surface area contributed by atoms with Crippen LogP contribution in [0.15, 0.2) is 48.5 Å². The molecule has 0 spiro atoms. The van der Waals surface area contributed by atoms with Crippen molar-refractivity contribution in [3.8, 4) is 11.5 Å². The maximum atomic E-state index is 14.5. The second kappa shape index (κ2) is 12.9. The Morgan fingerprint density at radius 3 is 1.85 bits per heavy atom. The lowest BCUT2D eigenvalue weighted by Crippen LogP contribution is -2.60. The predicted octanol–water partition coefficient (Wildman–Crippen LogP) is 4.82. The Bertz CT molecular complexity index is 1120. The summed E-state index contributed by atoms with van der Waals surface area (Å²) in [5.74, 6) is -0.747. The van der Waals surface area contributed by atoms with E-state index in [0.29, 0.717) is 17.5 Å². The Hall–Kier alpha value is -3.75. The highest BCUT2D eigenvalue weighted by Gasteiger charge is 2.43.